The quantitative estimate of drug-likeness (QED) is 0.897. The molecule has 0 amide bonds. The summed E-state index contributed by atoms with van der Waals surface area (Å²) in [7, 11) is 0. The Morgan fingerprint density at radius 3 is 3.00 bits per heavy atom. The van der Waals surface area contributed by atoms with Crippen LogP contribution < -0.4 is 5.32 Å². The highest BCUT2D eigenvalue weighted by Crippen LogP contribution is 2.14. The standard InChI is InChI=1S/C14H18ClN3/c1-3-16-11(2)13-8-17-18(10-13)9-12-5-4-6-14(15)7-12/h4-8,10-11,16H,3,9H2,1-2H3. The van der Waals surface area contributed by atoms with Crippen LogP contribution in [0.5, 0.6) is 0 Å². The summed E-state index contributed by atoms with van der Waals surface area (Å²) in [4.78, 5) is 0. The van der Waals surface area contributed by atoms with E-state index in [0.29, 0.717) is 6.04 Å². The van der Waals surface area contributed by atoms with E-state index >= 15 is 0 Å². The third-order valence-corrected chi connectivity index (χ3v) is 3.13. The zero-order chi connectivity index (χ0) is 13.0. The second-order valence-corrected chi connectivity index (χ2v) is 4.82. The monoisotopic (exact) mass is 263 g/mol. The summed E-state index contributed by atoms with van der Waals surface area (Å²) in [6.07, 6.45) is 3.99. The minimum Gasteiger partial charge on any atom is -0.310 e. The molecule has 2 aromatic rings. The fourth-order valence-corrected chi connectivity index (χ4v) is 2.15. The number of nitrogens with zero attached hydrogens (tertiary/aromatic N) is 2. The minimum absolute atomic E-state index is 0.336. The van der Waals surface area contributed by atoms with Crippen LogP contribution in [-0.4, -0.2) is 16.3 Å². The van der Waals surface area contributed by atoms with Crippen molar-refractivity contribution in [2.75, 3.05) is 6.54 Å². The molecule has 0 saturated carbocycles. The van der Waals surface area contributed by atoms with Gasteiger partial charge in [-0.2, -0.15) is 5.10 Å². The SMILES string of the molecule is CCNC(C)c1cnn(Cc2cccc(Cl)c2)c1. The molecule has 1 heterocycles. The zero-order valence-corrected chi connectivity index (χ0v) is 11.5. The van der Waals surface area contributed by atoms with Crippen LogP contribution in [0, 0.1) is 0 Å². The number of hydrogen-bond acceptors (Lipinski definition) is 2. The zero-order valence-electron chi connectivity index (χ0n) is 10.7. The second kappa shape index (κ2) is 6.03. The van der Waals surface area contributed by atoms with Crippen LogP contribution in [0.2, 0.25) is 5.02 Å². The predicted octanol–water partition coefficient (Wildman–Crippen LogP) is 3.26. The summed E-state index contributed by atoms with van der Waals surface area (Å²) in [6, 6.07) is 8.21. The summed E-state index contributed by atoms with van der Waals surface area (Å²) in [5, 5.41) is 8.52. The molecular formula is C14H18ClN3. The fourth-order valence-electron chi connectivity index (χ4n) is 1.94. The molecular weight excluding hydrogens is 246 g/mol. The van der Waals surface area contributed by atoms with Crippen LogP contribution >= 0.6 is 11.6 Å². The van der Waals surface area contributed by atoms with Gasteiger partial charge in [0.15, 0.2) is 0 Å². The molecule has 96 valence electrons. The van der Waals surface area contributed by atoms with Crippen LogP contribution in [0.3, 0.4) is 0 Å². The van der Waals surface area contributed by atoms with Crippen LogP contribution in [0.4, 0.5) is 0 Å². The molecule has 0 radical (unpaired) electrons. The van der Waals surface area contributed by atoms with Crippen molar-refractivity contribution in [3.8, 4) is 0 Å². The van der Waals surface area contributed by atoms with Gasteiger partial charge in [0.25, 0.3) is 0 Å². The van der Waals surface area contributed by atoms with E-state index in [9.17, 15) is 0 Å². The van der Waals surface area contributed by atoms with Crippen molar-refractivity contribution in [1.29, 1.82) is 0 Å². The van der Waals surface area contributed by atoms with Crippen LogP contribution in [-0.2, 0) is 6.54 Å². The molecule has 4 heteroatoms. The van der Waals surface area contributed by atoms with E-state index < -0.39 is 0 Å². The van der Waals surface area contributed by atoms with Crippen LogP contribution in [0.1, 0.15) is 31.0 Å². The first-order valence-electron chi connectivity index (χ1n) is 6.19. The van der Waals surface area contributed by atoms with Crippen LogP contribution in [0.25, 0.3) is 0 Å². The number of halogens is 1. The van der Waals surface area contributed by atoms with E-state index in [-0.39, 0.29) is 0 Å². The first-order chi connectivity index (χ1) is 8.69. The summed E-state index contributed by atoms with van der Waals surface area (Å²) in [5.74, 6) is 0. The van der Waals surface area contributed by atoms with Crippen molar-refractivity contribution >= 4 is 11.6 Å². The van der Waals surface area contributed by atoms with Crippen LogP contribution in [0.15, 0.2) is 36.7 Å². The molecule has 2 rings (SSSR count). The van der Waals surface area contributed by atoms with E-state index in [1.807, 2.05) is 29.1 Å². The Balaban J connectivity index is 2.06. The lowest BCUT2D eigenvalue weighted by atomic mass is 10.2. The fraction of sp³-hybridized carbons (Fsp3) is 0.357. The maximum atomic E-state index is 5.97. The highest BCUT2D eigenvalue weighted by molar-refractivity contribution is 6.30. The van der Waals surface area contributed by atoms with Crippen molar-refractivity contribution in [3.05, 3.63) is 52.8 Å². The predicted molar refractivity (Wildman–Crippen MR) is 74.9 cm³/mol. The highest BCUT2D eigenvalue weighted by Gasteiger charge is 2.06. The molecule has 1 aromatic heterocycles. The molecule has 0 spiro atoms. The molecule has 0 bridgehead atoms. The maximum absolute atomic E-state index is 5.97. The molecule has 0 aliphatic rings. The van der Waals surface area contributed by atoms with E-state index in [4.69, 9.17) is 11.6 Å². The smallest absolute Gasteiger partial charge is 0.0660 e. The summed E-state index contributed by atoms with van der Waals surface area (Å²) < 4.78 is 1.94. The first kappa shape index (κ1) is 13.1. The van der Waals surface area contributed by atoms with Crippen molar-refractivity contribution in [1.82, 2.24) is 15.1 Å². The van der Waals surface area contributed by atoms with Gasteiger partial charge in [-0.3, -0.25) is 4.68 Å². The van der Waals surface area contributed by atoms with E-state index in [0.717, 1.165) is 23.7 Å². The molecule has 18 heavy (non-hydrogen) atoms. The lowest BCUT2D eigenvalue weighted by molar-refractivity contribution is 0.596. The lowest BCUT2D eigenvalue weighted by Crippen LogP contribution is -2.17. The molecule has 0 fully saturated rings. The van der Waals surface area contributed by atoms with Gasteiger partial charge in [-0.1, -0.05) is 30.7 Å². The summed E-state index contributed by atoms with van der Waals surface area (Å²) >= 11 is 5.97. The van der Waals surface area contributed by atoms with E-state index in [1.54, 1.807) is 0 Å². The first-order valence-corrected chi connectivity index (χ1v) is 6.57. The lowest BCUT2D eigenvalue weighted by Gasteiger charge is -2.08. The number of nitrogens with one attached hydrogen (secondary N) is 1. The van der Waals surface area contributed by atoms with Gasteiger partial charge in [-0.25, -0.2) is 0 Å². The molecule has 1 atom stereocenters. The third-order valence-electron chi connectivity index (χ3n) is 2.90. The average molecular weight is 264 g/mol. The van der Waals surface area contributed by atoms with Crippen molar-refractivity contribution < 1.29 is 0 Å². The Hall–Kier alpha value is -1.32. The molecule has 0 saturated heterocycles. The summed E-state index contributed by atoms with van der Waals surface area (Å²) in [5.41, 5.74) is 2.37. The van der Waals surface area contributed by atoms with Gasteiger partial charge in [0.1, 0.15) is 0 Å². The Bertz CT molecular complexity index is 507. The third kappa shape index (κ3) is 3.34. The average Bonchev–Trinajstić information content (AvgIpc) is 2.78. The molecule has 1 N–H and O–H groups in total. The molecule has 1 unspecified atom stereocenters. The van der Waals surface area contributed by atoms with Gasteiger partial charge < -0.3 is 5.32 Å². The molecule has 1 aromatic carbocycles. The van der Waals surface area contributed by atoms with Gasteiger partial charge in [0.05, 0.1) is 12.7 Å². The maximum Gasteiger partial charge on any atom is 0.0660 e. The molecule has 0 aliphatic carbocycles. The van der Waals surface area contributed by atoms with Crippen molar-refractivity contribution in [2.45, 2.75) is 26.4 Å². The summed E-state index contributed by atoms with van der Waals surface area (Å²) in [6.45, 7) is 5.96. The molecule has 3 nitrogen and oxygen atoms in total. The second-order valence-electron chi connectivity index (χ2n) is 4.38. The Morgan fingerprint density at radius 1 is 1.44 bits per heavy atom. The Morgan fingerprint density at radius 2 is 2.28 bits per heavy atom. The van der Waals surface area contributed by atoms with E-state index in [1.165, 1.54) is 5.56 Å². The topological polar surface area (TPSA) is 29.9 Å². The largest absolute Gasteiger partial charge is 0.310 e. The highest BCUT2D eigenvalue weighted by atomic mass is 35.5. The Kier molecular flexibility index (Phi) is 4.39. The Labute approximate surface area is 113 Å². The number of benzene rings is 1. The van der Waals surface area contributed by atoms with Gasteiger partial charge >= 0.3 is 0 Å². The van der Waals surface area contributed by atoms with Crippen molar-refractivity contribution in [2.24, 2.45) is 0 Å². The number of aromatic nitrogens is 2. The van der Waals surface area contributed by atoms with E-state index in [2.05, 4.69) is 36.5 Å². The normalized spacial score (nSPS) is 12.6. The van der Waals surface area contributed by atoms with Gasteiger partial charge in [-0.05, 0) is 31.2 Å². The number of rotatable bonds is 5. The van der Waals surface area contributed by atoms with Gasteiger partial charge in [-0.15, -0.1) is 0 Å². The minimum atomic E-state index is 0.336. The molecule has 0 aliphatic heterocycles. The number of hydrogen-bond donors (Lipinski definition) is 1. The van der Waals surface area contributed by atoms with Gasteiger partial charge in [0.2, 0.25) is 0 Å². The van der Waals surface area contributed by atoms with Crippen molar-refractivity contribution in [3.63, 3.8) is 0 Å². The van der Waals surface area contributed by atoms with Gasteiger partial charge in [0, 0.05) is 22.8 Å².